The van der Waals surface area contributed by atoms with Crippen molar-refractivity contribution in [3.8, 4) is 5.75 Å². The summed E-state index contributed by atoms with van der Waals surface area (Å²) in [4.78, 5) is 0. The van der Waals surface area contributed by atoms with Crippen molar-refractivity contribution >= 4 is 15.9 Å². The highest BCUT2D eigenvalue weighted by atomic mass is 79.9. The van der Waals surface area contributed by atoms with E-state index in [1.807, 2.05) is 36.4 Å². The lowest BCUT2D eigenvalue weighted by Gasteiger charge is -2.15. The third kappa shape index (κ3) is 3.00. The lowest BCUT2D eigenvalue weighted by molar-refractivity contribution is 0.302. The van der Waals surface area contributed by atoms with Crippen LogP contribution in [0.5, 0.6) is 5.75 Å². The summed E-state index contributed by atoms with van der Waals surface area (Å²) in [5.74, 6) is 7.29. The van der Waals surface area contributed by atoms with Gasteiger partial charge in [-0.15, -0.1) is 0 Å². The normalized spacial score (nSPS) is 16.3. The molecule has 1 fully saturated rings. The van der Waals surface area contributed by atoms with E-state index < -0.39 is 0 Å². The number of ether oxygens (including phenoxy) is 1. The molecule has 1 heterocycles. The Kier molecular flexibility index (Phi) is 3.59. The highest BCUT2D eigenvalue weighted by molar-refractivity contribution is 9.10. The maximum Gasteiger partial charge on any atom is 0.169 e. The van der Waals surface area contributed by atoms with Crippen LogP contribution in [0, 0.1) is 0 Å². The Labute approximate surface area is 120 Å². The van der Waals surface area contributed by atoms with Crippen molar-refractivity contribution in [2.24, 2.45) is 5.84 Å². The molecular weight excluding hydrogens is 308 g/mol. The van der Waals surface area contributed by atoms with Crippen molar-refractivity contribution in [1.29, 1.82) is 0 Å². The van der Waals surface area contributed by atoms with Crippen LogP contribution in [-0.4, -0.2) is 6.10 Å². The van der Waals surface area contributed by atoms with Gasteiger partial charge in [0.2, 0.25) is 0 Å². The van der Waals surface area contributed by atoms with Crippen LogP contribution in [0.3, 0.4) is 0 Å². The van der Waals surface area contributed by atoms with E-state index in [1.165, 1.54) is 0 Å². The largest absolute Gasteiger partial charge is 0.490 e. The number of hydrazine groups is 1. The molecular formula is C14H15BrN2O2. The van der Waals surface area contributed by atoms with Gasteiger partial charge in [-0.3, -0.25) is 5.84 Å². The lowest BCUT2D eigenvalue weighted by Crippen LogP contribution is -2.28. The highest BCUT2D eigenvalue weighted by Gasteiger charge is 2.24. The first-order valence-corrected chi connectivity index (χ1v) is 7.03. The molecule has 0 aliphatic heterocycles. The van der Waals surface area contributed by atoms with E-state index in [9.17, 15) is 0 Å². The van der Waals surface area contributed by atoms with Crippen LogP contribution >= 0.6 is 15.9 Å². The van der Waals surface area contributed by atoms with Crippen molar-refractivity contribution in [2.45, 2.75) is 25.0 Å². The fourth-order valence-corrected chi connectivity index (χ4v) is 2.29. The van der Waals surface area contributed by atoms with Crippen LogP contribution in [0.25, 0.3) is 0 Å². The van der Waals surface area contributed by atoms with Gasteiger partial charge in [0.25, 0.3) is 0 Å². The monoisotopic (exact) mass is 322 g/mol. The highest BCUT2D eigenvalue weighted by Crippen LogP contribution is 2.30. The van der Waals surface area contributed by atoms with Crippen molar-refractivity contribution < 1.29 is 9.15 Å². The molecule has 100 valence electrons. The number of furan rings is 1. The van der Waals surface area contributed by atoms with Crippen LogP contribution in [0.2, 0.25) is 0 Å². The fraction of sp³-hybridized carbons (Fsp3) is 0.286. The average Bonchev–Trinajstić information content (AvgIpc) is 3.12. The van der Waals surface area contributed by atoms with E-state index in [2.05, 4.69) is 21.4 Å². The number of halogens is 1. The number of nitrogens with two attached hydrogens (primary N) is 1. The summed E-state index contributed by atoms with van der Waals surface area (Å²) >= 11 is 3.30. The number of rotatable bonds is 5. The van der Waals surface area contributed by atoms with Gasteiger partial charge in [-0.2, -0.15) is 0 Å². The van der Waals surface area contributed by atoms with E-state index in [4.69, 9.17) is 15.0 Å². The quantitative estimate of drug-likeness (QED) is 0.655. The van der Waals surface area contributed by atoms with Crippen molar-refractivity contribution in [2.75, 3.05) is 0 Å². The third-order valence-corrected chi connectivity index (χ3v) is 3.49. The number of hydrogen-bond donors (Lipinski definition) is 2. The molecule has 19 heavy (non-hydrogen) atoms. The molecule has 3 N–H and O–H groups in total. The second-order valence-corrected chi connectivity index (χ2v) is 5.41. The van der Waals surface area contributed by atoms with Gasteiger partial charge in [-0.1, -0.05) is 12.1 Å². The fourth-order valence-electron chi connectivity index (χ4n) is 1.97. The first kappa shape index (κ1) is 12.7. The zero-order chi connectivity index (χ0) is 13.2. The number of benzene rings is 1. The zero-order valence-electron chi connectivity index (χ0n) is 10.3. The first-order valence-electron chi connectivity index (χ1n) is 6.24. The predicted octanol–water partition coefficient (Wildman–Crippen LogP) is 3.14. The molecule has 0 bridgehead atoms. The van der Waals surface area contributed by atoms with Crippen LogP contribution in [0.15, 0.2) is 45.5 Å². The van der Waals surface area contributed by atoms with Gasteiger partial charge in [0.1, 0.15) is 17.6 Å². The van der Waals surface area contributed by atoms with Gasteiger partial charge in [0, 0.05) is 0 Å². The smallest absolute Gasteiger partial charge is 0.169 e. The maximum absolute atomic E-state index is 5.79. The Morgan fingerprint density at radius 1 is 1.32 bits per heavy atom. The van der Waals surface area contributed by atoms with E-state index >= 15 is 0 Å². The van der Waals surface area contributed by atoms with Crippen LogP contribution in [-0.2, 0) is 0 Å². The predicted molar refractivity (Wildman–Crippen MR) is 75.7 cm³/mol. The molecule has 3 rings (SSSR count). The molecule has 1 aromatic carbocycles. The molecule has 5 heteroatoms. The summed E-state index contributed by atoms with van der Waals surface area (Å²) < 4.78 is 12.0. The number of hydrogen-bond acceptors (Lipinski definition) is 4. The molecule has 0 amide bonds. The van der Waals surface area contributed by atoms with Gasteiger partial charge in [-0.05, 0) is 58.6 Å². The van der Waals surface area contributed by atoms with Gasteiger partial charge < -0.3 is 9.15 Å². The molecule has 4 nitrogen and oxygen atoms in total. The number of nitrogens with one attached hydrogen (secondary N) is 1. The summed E-state index contributed by atoms with van der Waals surface area (Å²) in [6.45, 7) is 0. The molecule has 0 radical (unpaired) electrons. The summed E-state index contributed by atoms with van der Waals surface area (Å²) in [6, 6.07) is 11.5. The standard InChI is InChI=1S/C14H15BrN2O2/c15-13-7-6-12(19-13)14(17-16)9-2-1-3-11(8-9)18-10-4-5-10/h1-3,6-8,10,14,17H,4-5,16H2. The van der Waals surface area contributed by atoms with Crippen LogP contribution < -0.4 is 16.0 Å². The van der Waals surface area contributed by atoms with E-state index in [0.29, 0.717) is 10.8 Å². The summed E-state index contributed by atoms with van der Waals surface area (Å²) in [6.07, 6.45) is 2.68. The molecule has 1 atom stereocenters. The summed E-state index contributed by atoms with van der Waals surface area (Å²) in [5, 5.41) is 0. The Morgan fingerprint density at radius 3 is 2.79 bits per heavy atom. The minimum atomic E-state index is -0.186. The minimum absolute atomic E-state index is 0.186. The molecule has 1 unspecified atom stereocenters. The lowest BCUT2D eigenvalue weighted by atomic mass is 10.1. The van der Waals surface area contributed by atoms with E-state index in [1.54, 1.807) is 0 Å². The van der Waals surface area contributed by atoms with Gasteiger partial charge >= 0.3 is 0 Å². The first-order chi connectivity index (χ1) is 9.26. The Hall–Kier alpha value is -1.30. The Balaban J connectivity index is 1.85. The maximum atomic E-state index is 5.79. The summed E-state index contributed by atoms with van der Waals surface area (Å²) in [5.41, 5.74) is 3.79. The van der Waals surface area contributed by atoms with E-state index in [0.717, 1.165) is 29.9 Å². The van der Waals surface area contributed by atoms with Gasteiger partial charge in [0.05, 0.1) is 6.10 Å². The second-order valence-electron chi connectivity index (χ2n) is 4.63. The van der Waals surface area contributed by atoms with Gasteiger partial charge in [0.15, 0.2) is 4.67 Å². The molecule has 0 spiro atoms. The SMILES string of the molecule is NNC(c1cccc(OC2CC2)c1)c1ccc(Br)o1. The Bertz CT molecular complexity index is 566. The second kappa shape index (κ2) is 5.36. The molecule has 1 aliphatic rings. The van der Waals surface area contributed by atoms with Gasteiger partial charge in [-0.25, -0.2) is 5.43 Å². The molecule has 1 aliphatic carbocycles. The van der Waals surface area contributed by atoms with Crippen LogP contribution in [0.1, 0.15) is 30.2 Å². The molecule has 1 aromatic heterocycles. The zero-order valence-corrected chi connectivity index (χ0v) is 11.9. The molecule has 1 saturated carbocycles. The molecule has 2 aromatic rings. The minimum Gasteiger partial charge on any atom is -0.490 e. The third-order valence-electron chi connectivity index (χ3n) is 3.06. The average molecular weight is 323 g/mol. The summed E-state index contributed by atoms with van der Waals surface area (Å²) in [7, 11) is 0. The van der Waals surface area contributed by atoms with Crippen molar-refractivity contribution in [3.63, 3.8) is 0 Å². The van der Waals surface area contributed by atoms with Crippen molar-refractivity contribution in [1.82, 2.24) is 5.43 Å². The topological polar surface area (TPSA) is 60.4 Å². The van der Waals surface area contributed by atoms with E-state index in [-0.39, 0.29) is 6.04 Å². The van der Waals surface area contributed by atoms with Crippen molar-refractivity contribution in [3.05, 3.63) is 52.4 Å². The Morgan fingerprint density at radius 2 is 2.16 bits per heavy atom. The van der Waals surface area contributed by atoms with Crippen LogP contribution in [0.4, 0.5) is 0 Å². The molecule has 0 saturated heterocycles.